The van der Waals surface area contributed by atoms with E-state index in [0.29, 0.717) is 12.6 Å². The van der Waals surface area contributed by atoms with Gasteiger partial charge in [-0.3, -0.25) is 0 Å². The van der Waals surface area contributed by atoms with Crippen molar-refractivity contribution in [3.8, 4) is 0 Å². The third kappa shape index (κ3) is 4.30. The molecule has 1 aromatic heterocycles. The Morgan fingerprint density at radius 3 is 2.79 bits per heavy atom. The minimum Gasteiger partial charge on any atom is -0.380 e. The average molecular weight is 195 g/mol. The lowest BCUT2D eigenvalue weighted by molar-refractivity contribution is 0.126. The van der Waals surface area contributed by atoms with E-state index in [1.54, 1.807) is 12.4 Å². The second-order valence-corrected chi connectivity index (χ2v) is 3.11. The number of ether oxygens (including phenoxy) is 1. The molecule has 1 N–H and O–H groups in total. The van der Waals surface area contributed by atoms with E-state index in [1.807, 2.05) is 13.0 Å². The highest BCUT2D eigenvalue weighted by Gasteiger charge is 2.01. The Hall–Kier alpha value is -1.00. The van der Waals surface area contributed by atoms with Crippen molar-refractivity contribution < 1.29 is 4.74 Å². The summed E-state index contributed by atoms with van der Waals surface area (Å²) in [5, 5.41) is 3.28. The smallest absolute Gasteiger partial charge is 0.141 e. The van der Waals surface area contributed by atoms with Gasteiger partial charge < -0.3 is 10.1 Å². The van der Waals surface area contributed by atoms with Gasteiger partial charge in [0.05, 0.1) is 13.2 Å². The molecule has 0 saturated carbocycles. The summed E-state index contributed by atoms with van der Waals surface area (Å²) in [6, 6.07) is 2.14. The first-order valence-electron chi connectivity index (χ1n) is 4.90. The van der Waals surface area contributed by atoms with E-state index in [1.165, 1.54) is 0 Å². The Balaban J connectivity index is 2.20. The summed E-state index contributed by atoms with van der Waals surface area (Å²) in [6.07, 6.45) is 3.49. The molecule has 0 aliphatic rings. The van der Waals surface area contributed by atoms with Crippen molar-refractivity contribution in [3.63, 3.8) is 0 Å². The van der Waals surface area contributed by atoms with Crippen LogP contribution in [0, 0.1) is 0 Å². The number of nitrogens with zero attached hydrogens (tertiary/aromatic N) is 2. The number of hydrogen-bond donors (Lipinski definition) is 1. The van der Waals surface area contributed by atoms with Crippen molar-refractivity contribution in [2.24, 2.45) is 0 Å². The van der Waals surface area contributed by atoms with Gasteiger partial charge in [-0.2, -0.15) is 0 Å². The van der Waals surface area contributed by atoms with Crippen molar-refractivity contribution >= 4 is 0 Å². The third-order valence-corrected chi connectivity index (χ3v) is 1.80. The molecule has 0 spiro atoms. The molecular weight excluding hydrogens is 178 g/mol. The van der Waals surface area contributed by atoms with Crippen LogP contribution in [0.5, 0.6) is 0 Å². The predicted molar refractivity (Wildman–Crippen MR) is 54.8 cm³/mol. The van der Waals surface area contributed by atoms with Crippen LogP contribution in [0.3, 0.4) is 0 Å². The highest BCUT2D eigenvalue weighted by Crippen LogP contribution is 1.89. The van der Waals surface area contributed by atoms with Gasteiger partial charge in [0.25, 0.3) is 0 Å². The monoisotopic (exact) mass is 195 g/mol. The molecule has 0 fully saturated rings. The van der Waals surface area contributed by atoms with Gasteiger partial charge in [0, 0.05) is 25.0 Å². The lowest BCUT2D eigenvalue weighted by atomic mass is 10.3. The summed E-state index contributed by atoms with van der Waals surface area (Å²) in [4.78, 5) is 8.23. The molecule has 0 aromatic carbocycles. The Morgan fingerprint density at radius 1 is 1.43 bits per heavy atom. The molecule has 78 valence electrons. The van der Waals surface area contributed by atoms with Gasteiger partial charge in [0.1, 0.15) is 5.82 Å². The Bertz CT molecular complexity index is 240. The van der Waals surface area contributed by atoms with E-state index in [4.69, 9.17) is 4.74 Å². The minimum absolute atomic E-state index is 0.332. The van der Waals surface area contributed by atoms with Gasteiger partial charge in [-0.05, 0) is 19.9 Å². The largest absolute Gasteiger partial charge is 0.380 e. The topological polar surface area (TPSA) is 47.0 Å². The van der Waals surface area contributed by atoms with Crippen LogP contribution in [0.1, 0.15) is 19.7 Å². The first-order chi connectivity index (χ1) is 6.83. The van der Waals surface area contributed by atoms with E-state index in [2.05, 4.69) is 22.2 Å². The third-order valence-electron chi connectivity index (χ3n) is 1.80. The zero-order valence-corrected chi connectivity index (χ0v) is 8.73. The number of nitrogens with one attached hydrogen (secondary N) is 1. The molecule has 1 rings (SSSR count). The molecule has 1 unspecified atom stereocenters. The van der Waals surface area contributed by atoms with Crippen LogP contribution in [0.2, 0.25) is 0 Å². The van der Waals surface area contributed by atoms with E-state index in [0.717, 1.165) is 19.0 Å². The van der Waals surface area contributed by atoms with E-state index >= 15 is 0 Å². The Kier molecular flexibility index (Phi) is 5.11. The van der Waals surface area contributed by atoms with Crippen LogP contribution in [0.25, 0.3) is 0 Å². The fourth-order valence-corrected chi connectivity index (χ4v) is 1.04. The maximum atomic E-state index is 5.28. The van der Waals surface area contributed by atoms with Crippen molar-refractivity contribution in [3.05, 3.63) is 24.3 Å². The maximum Gasteiger partial charge on any atom is 0.141 e. The quantitative estimate of drug-likeness (QED) is 0.735. The highest BCUT2D eigenvalue weighted by atomic mass is 16.5. The molecule has 1 heterocycles. The molecule has 0 aliphatic carbocycles. The standard InChI is InChI=1S/C10H17N3O/c1-3-14-8-9(2)13-7-10-11-5-4-6-12-10/h4-6,9,13H,3,7-8H2,1-2H3. The van der Waals surface area contributed by atoms with Gasteiger partial charge in [-0.15, -0.1) is 0 Å². The van der Waals surface area contributed by atoms with Crippen molar-refractivity contribution in [1.29, 1.82) is 0 Å². The Labute approximate surface area is 84.7 Å². The molecule has 0 saturated heterocycles. The number of hydrogen-bond acceptors (Lipinski definition) is 4. The summed E-state index contributed by atoms with van der Waals surface area (Å²) in [6.45, 7) is 6.25. The lowest BCUT2D eigenvalue weighted by Crippen LogP contribution is -2.30. The summed E-state index contributed by atoms with van der Waals surface area (Å²) in [5.41, 5.74) is 0. The van der Waals surface area contributed by atoms with Crippen LogP contribution in [-0.2, 0) is 11.3 Å². The van der Waals surface area contributed by atoms with Gasteiger partial charge in [-0.25, -0.2) is 9.97 Å². The highest BCUT2D eigenvalue weighted by molar-refractivity contribution is 4.88. The second-order valence-electron chi connectivity index (χ2n) is 3.11. The van der Waals surface area contributed by atoms with E-state index in [9.17, 15) is 0 Å². The van der Waals surface area contributed by atoms with Crippen LogP contribution in [0.15, 0.2) is 18.5 Å². The maximum absolute atomic E-state index is 5.28. The average Bonchev–Trinajstić information content (AvgIpc) is 2.25. The molecule has 1 atom stereocenters. The molecule has 0 radical (unpaired) electrons. The van der Waals surface area contributed by atoms with Gasteiger partial charge >= 0.3 is 0 Å². The van der Waals surface area contributed by atoms with Gasteiger partial charge in [0.15, 0.2) is 0 Å². The van der Waals surface area contributed by atoms with Gasteiger partial charge in [0.2, 0.25) is 0 Å². The van der Waals surface area contributed by atoms with Crippen molar-refractivity contribution in [1.82, 2.24) is 15.3 Å². The fraction of sp³-hybridized carbons (Fsp3) is 0.600. The summed E-state index contributed by atoms with van der Waals surface area (Å²) >= 11 is 0. The van der Waals surface area contributed by atoms with Gasteiger partial charge in [-0.1, -0.05) is 0 Å². The molecule has 0 aliphatic heterocycles. The van der Waals surface area contributed by atoms with Crippen LogP contribution < -0.4 is 5.32 Å². The first-order valence-corrected chi connectivity index (χ1v) is 4.90. The molecule has 0 amide bonds. The zero-order chi connectivity index (χ0) is 10.2. The normalized spacial score (nSPS) is 12.7. The lowest BCUT2D eigenvalue weighted by Gasteiger charge is -2.12. The van der Waals surface area contributed by atoms with Crippen molar-refractivity contribution in [2.45, 2.75) is 26.4 Å². The van der Waals surface area contributed by atoms with Crippen LogP contribution in [-0.4, -0.2) is 29.2 Å². The molecule has 4 nitrogen and oxygen atoms in total. The van der Waals surface area contributed by atoms with Crippen LogP contribution >= 0.6 is 0 Å². The number of rotatable bonds is 6. The molecule has 4 heteroatoms. The zero-order valence-electron chi connectivity index (χ0n) is 8.73. The second kappa shape index (κ2) is 6.45. The SMILES string of the molecule is CCOCC(C)NCc1ncccn1. The summed E-state index contributed by atoms with van der Waals surface area (Å²) < 4.78 is 5.28. The summed E-state index contributed by atoms with van der Waals surface area (Å²) in [7, 11) is 0. The minimum atomic E-state index is 0.332. The first kappa shape index (κ1) is 11.1. The fourth-order valence-electron chi connectivity index (χ4n) is 1.04. The molecule has 0 bridgehead atoms. The molecule has 1 aromatic rings. The van der Waals surface area contributed by atoms with E-state index in [-0.39, 0.29) is 0 Å². The predicted octanol–water partition coefficient (Wildman–Crippen LogP) is 0.991. The van der Waals surface area contributed by atoms with E-state index < -0.39 is 0 Å². The Morgan fingerprint density at radius 2 is 2.14 bits per heavy atom. The molecule has 14 heavy (non-hydrogen) atoms. The number of aromatic nitrogens is 2. The molecular formula is C10H17N3O. The van der Waals surface area contributed by atoms with Crippen LogP contribution in [0.4, 0.5) is 0 Å². The summed E-state index contributed by atoms with van der Waals surface area (Å²) in [5.74, 6) is 0.816. The van der Waals surface area contributed by atoms with Crippen molar-refractivity contribution in [2.75, 3.05) is 13.2 Å².